The van der Waals surface area contributed by atoms with Crippen LogP contribution in [0, 0.1) is 12.8 Å². The summed E-state index contributed by atoms with van der Waals surface area (Å²) in [5.41, 5.74) is 7.96. The van der Waals surface area contributed by atoms with Crippen LogP contribution in [0.25, 0.3) is 0 Å². The largest absolute Gasteiger partial charge is 0.368 e. The molecule has 1 aliphatic heterocycles. The molecule has 2 aromatic rings. The van der Waals surface area contributed by atoms with Crippen molar-refractivity contribution in [2.24, 2.45) is 5.92 Å². The maximum absolute atomic E-state index is 5.85. The van der Waals surface area contributed by atoms with Crippen LogP contribution in [0.2, 0.25) is 0 Å². The van der Waals surface area contributed by atoms with E-state index < -0.39 is 0 Å². The van der Waals surface area contributed by atoms with Gasteiger partial charge in [-0.1, -0.05) is 48.6 Å². The molecule has 1 fully saturated rings. The molecule has 0 amide bonds. The van der Waals surface area contributed by atoms with Gasteiger partial charge in [0.05, 0.1) is 5.75 Å². The Bertz CT molecular complexity index is 757. The highest BCUT2D eigenvalue weighted by atomic mass is 32.2. The summed E-state index contributed by atoms with van der Waals surface area (Å²) in [6, 6.07) is 8.02. The van der Waals surface area contributed by atoms with Crippen molar-refractivity contribution in [1.82, 2.24) is 19.9 Å². The van der Waals surface area contributed by atoms with Crippen LogP contribution in [-0.2, 0) is 5.75 Å². The summed E-state index contributed by atoms with van der Waals surface area (Å²) in [5, 5.41) is 3.17. The predicted octanol–water partition coefficient (Wildman–Crippen LogP) is 3.76. The molecule has 0 radical (unpaired) electrons. The Balaban J connectivity index is 1.60. The highest BCUT2D eigenvalue weighted by Crippen LogP contribution is 2.22. The number of hydrogen-bond donors (Lipinski definition) is 2. The number of hydrogen-bond acceptors (Lipinski definition) is 7. The van der Waals surface area contributed by atoms with Crippen molar-refractivity contribution in [3.05, 3.63) is 35.7 Å². The zero-order valence-electron chi connectivity index (χ0n) is 15.1. The van der Waals surface area contributed by atoms with E-state index in [1.54, 1.807) is 11.8 Å². The first-order valence-electron chi connectivity index (χ1n) is 8.75. The highest BCUT2D eigenvalue weighted by Gasteiger charge is 2.18. The van der Waals surface area contributed by atoms with Gasteiger partial charge in [0.25, 0.3) is 0 Å². The van der Waals surface area contributed by atoms with E-state index >= 15 is 0 Å². The maximum Gasteiger partial charge on any atom is 0.232 e. The third kappa shape index (κ3) is 5.28. The lowest BCUT2D eigenvalue weighted by molar-refractivity contribution is 0.287. The molecule has 0 aliphatic carbocycles. The molecule has 0 bridgehead atoms. The molecule has 0 unspecified atom stereocenters. The van der Waals surface area contributed by atoms with Gasteiger partial charge in [-0.3, -0.25) is 0 Å². The number of likely N-dealkylation sites (tertiary alicyclic amines) is 1. The van der Waals surface area contributed by atoms with Crippen molar-refractivity contribution in [2.75, 3.05) is 24.1 Å². The maximum atomic E-state index is 5.85. The van der Waals surface area contributed by atoms with Gasteiger partial charge >= 0.3 is 0 Å². The average molecular weight is 389 g/mol. The van der Waals surface area contributed by atoms with Gasteiger partial charge in [0.1, 0.15) is 10.1 Å². The van der Waals surface area contributed by atoms with Crippen LogP contribution >= 0.6 is 24.0 Å². The minimum absolute atomic E-state index is 0.211. The third-order valence-corrected chi connectivity index (χ3v) is 5.89. The summed E-state index contributed by atoms with van der Waals surface area (Å²) in [6.07, 6.45) is 2.40. The summed E-state index contributed by atoms with van der Waals surface area (Å²) in [5.74, 6) is 2.67. The number of nitrogens with two attached hydrogens (primary N) is 1. The quantitative estimate of drug-likeness (QED) is 0.767. The summed E-state index contributed by atoms with van der Waals surface area (Å²) in [7, 11) is 0. The Morgan fingerprint density at radius 2 is 1.92 bits per heavy atom. The zero-order valence-corrected chi connectivity index (χ0v) is 16.7. The Morgan fingerprint density at radius 3 is 2.62 bits per heavy atom. The Kier molecular flexibility index (Phi) is 6.26. The van der Waals surface area contributed by atoms with Crippen molar-refractivity contribution in [3.8, 4) is 0 Å². The third-order valence-electron chi connectivity index (χ3n) is 4.37. The summed E-state index contributed by atoms with van der Waals surface area (Å²) < 4.78 is 0.906. The number of benzene rings is 1. The molecule has 138 valence electrons. The van der Waals surface area contributed by atoms with Crippen LogP contribution < -0.4 is 11.1 Å². The van der Waals surface area contributed by atoms with Gasteiger partial charge < -0.3 is 16.0 Å². The van der Waals surface area contributed by atoms with Crippen molar-refractivity contribution in [1.29, 1.82) is 0 Å². The van der Waals surface area contributed by atoms with Crippen LogP contribution in [0.5, 0.6) is 0 Å². The predicted molar refractivity (Wildman–Crippen MR) is 113 cm³/mol. The summed E-state index contributed by atoms with van der Waals surface area (Å²) >= 11 is 7.15. The van der Waals surface area contributed by atoms with E-state index in [0.29, 0.717) is 17.5 Å². The second kappa shape index (κ2) is 8.64. The molecular weight excluding hydrogens is 364 g/mol. The number of thiocarbonyl (C=S) groups is 1. The number of piperidine rings is 1. The first-order valence-corrected chi connectivity index (χ1v) is 10.1. The molecule has 0 saturated carbocycles. The fourth-order valence-corrected chi connectivity index (χ4v) is 3.84. The fourth-order valence-electron chi connectivity index (χ4n) is 2.73. The minimum atomic E-state index is 0.211. The van der Waals surface area contributed by atoms with Gasteiger partial charge in [-0.25, -0.2) is 0 Å². The zero-order chi connectivity index (χ0) is 18.5. The molecule has 1 aliphatic rings. The molecule has 0 atom stereocenters. The van der Waals surface area contributed by atoms with E-state index in [4.69, 9.17) is 18.0 Å². The molecule has 8 heteroatoms. The molecule has 6 nitrogen and oxygen atoms in total. The lowest BCUT2D eigenvalue weighted by Crippen LogP contribution is -2.35. The number of thioether (sulfide) groups is 1. The van der Waals surface area contributed by atoms with Crippen LogP contribution in [0.4, 0.5) is 17.6 Å². The molecule has 1 saturated heterocycles. The van der Waals surface area contributed by atoms with Gasteiger partial charge in [-0.05, 0) is 37.8 Å². The van der Waals surface area contributed by atoms with E-state index in [-0.39, 0.29) is 5.95 Å². The number of nitrogen functional groups attached to an aromatic ring is 1. The van der Waals surface area contributed by atoms with Gasteiger partial charge in [0.2, 0.25) is 11.9 Å². The summed E-state index contributed by atoms with van der Waals surface area (Å²) in [4.78, 5) is 15.1. The monoisotopic (exact) mass is 388 g/mol. The van der Waals surface area contributed by atoms with Crippen LogP contribution in [0.15, 0.2) is 24.3 Å². The highest BCUT2D eigenvalue weighted by molar-refractivity contribution is 8.22. The minimum Gasteiger partial charge on any atom is -0.368 e. The first-order chi connectivity index (χ1) is 12.5. The molecule has 1 aromatic heterocycles. The van der Waals surface area contributed by atoms with E-state index in [2.05, 4.69) is 32.1 Å². The number of aromatic nitrogens is 3. The van der Waals surface area contributed by atoms with Crippen molar-refractivity contribution >= 4 is 45.9 Å². The number of aryl methyl sites for hydroxylation is 1. The van der Waals surface area contributed by atoms with Gasteiger partial charge in [-0.2, -0.15) is 15.0 Å². The Labute approximate surface area is 164 Å². The topological polar surface area (TPSA) is 80.0 Å². The number of nitrogens with zero attached hydrogens (tertiary/aromatic N) is 4. The molecular formula is C18H24N6S2. The van der Waals surface area contributed by atoms with E-state index in [9.17, 15) is 0 Å². The first kappa shape index (κ1) is 18.8. The van der Waals surface area contributed by atoms with Crippen LogP contribution in [0.3, 0.4) is 0 Å². The lowest BCUT2D eigenvalue weighted by Gasteiger charge is -2.31. The van der Waals surface area contributed by atoms with E-state index in [1.807, 2.05) is 31.2 Å². The Morgan fingerprint density at radius 1 is 1.23 bits per heavy atom. The molecule has 1 aromatic carbocycles. The lowest BCUT2D eigenvalue weighted by atomic mass is 10.00. The molecule has 26 heavy (non-hydrogen) atoms. The Hall–Kier alpha value is -1.93. The van der Waals surface area contributed by atoms with Gasteiger partial charge in [-0.15, -0.1) is 0 Å². The number of anilines is 3. The summed E-state index contributed by atoms with van der Waals surface area (Å²) in [6.45, 7) is 6.41. The second-order valence-electron chi connectivity index (χ2n) is 6.65. The molecule has 2 heterocycles. The standard InChI is InChI=1S/C18H24N6S2/c1-12-3-5-14(6-4-12)20-17-22-15(21-16(19)23-17)11-26-18(25)24-9-7-13(2)8-10-24/h3-6,13H,7-11H2,1-2H3,(H3,19,20,21,22,23). The van der Waals surface area contributed by atoms with Crippen molar-refractivity contribution < 1.29 is 0 Å². The second-order valence-corrected chi connectivity index (χ2v) is 8.26. The SMILES string of the molecule is Cc1ccc(Nc2nc(N)nc(CSC(=S)N3CCC(C)CC3)n2)cc1. The van der Waals surface area contributed by atoms with Gasteiger partial charge in [0, 0.05) is 18.8 Å². The van der Waals surface area contributed by atoms with Crippen molar-refractivity contribution in [2.45, 2.75) is 32.4 Å². The van der Waals surface area contributed by atoms with E-state index in [1.165, 1.54) is 18.4 Å². The molecule has 3 rings (SSSR count). The van der Waals surface area contributed by atoms with Crippen LogP contribution in [-0.4, -0.2) is 37.3 Å². The van der Waals surface area contributed by atoms with Gasteiger partial charge in [0.15, 0.2) is 0 Å². The van der Waals surface area contributed by atoms with Crippen LogP contribution in [0.1, 0.15) is 31.2 Å². The molecule has 0 spiro atoms. The number of rotatable bonds is 4. The van der Waals surface area contributed by atoms with Crippen molar-refractivity contribution in [3.63, 3.8) is 0 Å². The smallest absolute Gasteiger partial charge is 0.232 e. The van der Waals surface area contributed by atoms with E-state index in [0.717, 1.165) is 29.0 Å². The normalized spacial score (nSPS) is 15.1. The average Bonchev–Trinajstić information content (AvgIpc) is 2.62. The fraction of sp³-hybridized carbons (Fsp3) is 0.444. The molecule has 3 N–H and O–H groups in total. The number of nitrogens with one attached hydrogen (secondary N) is 1.